The quantitative estimate of drug-likeness (QED) is 0.906. The minimum absolute atomic E-state index is 0.202. The van der Waals surface area contributed by atoms with Crippen molar-refractivity contribution in [2.45, 2.75) is 45.9 Å². The van der Waals surface area contributed by atoms with E-state index in [2.05, 4.69) is 27.4 Å². The molecular formula is C16H20N4O2. The number of hydrogen-bond acceptors (Lipinski definition) is 4. The van der Waals surface area contributed by atoms with Crippen LogP contribution in [0.4, 0.5) is 0 Å². The van der Waals surface area contributed by atoms with Crippen LogP contribution in [0.25, 0.3) is 0 Å². The molecule has 0 bridgehead atoms. The molecule has 2 aromatic heterocycles. The topological polar surface area (TPSA) is 79.9 Å². The van der Waals surface area contributed by atoms with Gasteiger partial charge in [-0.15, -0.1) is 0 Å². The zero-order chi connectivity index (χ0) is 15.7. The first-order chi connectivity index (χ1) is 10.5. The maximum Gasteiger partial charge on any atom is 0.272 e. The van der Waals surface area contributed by atoms with Gasteiger partial charge in [0.25, 0.3) is 5.91 Å². The van der Waals surface area contributed by atoms with Crippen LogP contribution in [0.15, 0.2) is 18.3 Å². The van der Waals surface area contributed by atoms with Crippen LogP contribution in [0.2, 0.25) is 0 Å². The maximum absolute atomic E-state index is 12.4. The van der Waals surface area contributed by atoms with Gasteiger partial charge >= 0.3 is 0 Å². The van der Waals surface area contributed by atoms with Crippen molar-refractivity contribution in [3.05, 3.63) is 46.5 Å². The summed E-state index contributed by atoms with van der Waals surface area (Å²) in [5, 5.41) is 9.97. The van der Waals surface area contributed by atoms with Crippen LogP contribution in [0.3, 0.4) is 0 Å². The molecular weight excluding hydrogens is 280 g/mol. The fourth-order valence-electron chi connectivity index (χ4n) is 2.72. The summed E-state index contributed by atoms with van der Waals surface area (Å²) in [6, 6.07) is 3.93. The molecule has 3 heterocycles. The van der Waals surface area contributed by atoms with E-state index in [1.54, 1.807) is 6.20 Å². The molecule has 1 aliphatic rings. The maximum atomic E-state index is 12.4. The lowest BCUT2D eigenvalue weighted by molar-refractivity contribution is -0.0114. The standard InChI is InChI=1S/C16H20N4O2/c1-4-10-6-5-7-17-12(10)8-18-15(21)13-11-9-22-16(2,3)14(11)20-19-13/h5-7H,4,8-9H2,1-3H3,(H,18,21)(H,19,20). The smallest absolute Gasteiger partial charge is 0.272 e. The number of carbonyl (C=O) groups excluding carboxylic acids is 1. The first-order valence-electron chi connectivity index (χ1n) is 7.45. The zero-order valence-corrected chi connectivity index (χ0v) is 13.1. The first kappa shape index (κ1) is 14.7. The Morgan fingerprint density at radius 1 is 1.50 bits per heavy atom. The van der Waals surface area contributed by atoms with Crippen LogP contribution in [0, 0.1) is 0 Å². The molecule has 0 radical (unpaired) electrons. The van der Waals surface area contributed by atoms with E-state index in [1.165, 1.54) is 0 Å². The highest BCUT2D eigenvalue weighted by Gasteiger charge is 2.36. The lowest BCUT2D eigenvalue weighted by Crippen LogP contribution is -2.25. The minimum atomic E-state index is -0.419. The van der Waals surface area contributed by atoms with Gasteiger partial charge in [-0.2, -0.15) is 5.10 Å². The molecule has 0 aromatic carbocycles. The molecule has 116 valence electrons. The van der Waals surface area contributed by atoms with Crippen molar-refractivity contribution in [3.63, 3.8) is 0 Å². The molecule has 0 spiro atoms. The van der Waals surface area contributed by atoms with Crippen molar-refractivity contribution >= 4 is 5.91 Å². The summed E-state index contributed by atoms with van der Waals surface area (Å²) in [7, 11) is 0. The summed E-state index contributed by atoms with van der Waals surface area (Å²) in [5.74, 6) is -0.202. The van der Waals surface area contributed by atoms with Gasteiger partial charge < -0.3 is 10.1 Å². The Hall–Kier alpha value is -2.21. The molecule has 0 saturated carbocycles. The van der Waals surface area contributed by atoms with Crippen LogP contribution in [0.1, 0.15) is 53.8 Å². The number of nitrogens with zero attached hydrogens (tertiary/aromatic N) is 2. The Morgan fingerprint density at radius 3 is 3.09 bits per heavy atom. The third-order valence-corrected chi connectivity index (χ3v) is 4.04. The minimum Gasteiger partial charge on any atom is -0.364 e. The number of aromatic amines is 1. The Morgan fingerprint density at radius 2 is 2.32 bits per heavy atom. The van der Waals surface area contributed by atoms with Crippen LogP contribution in [-0.4, -0.2) is 21.1 Å². The molecule has 0 unspecified atom stereocenters. The van der Waals surface area contributed by atoms with Gasteiger partial charge in [-0.05, 0) is 31.9 Å². The predicted octanol–water partition coefficient (Wildman–Crippen LogP) is 2.06. The summed E-state index contributed by atoms with van der Waals surface area (Å²) in [5.41, 5.74) is 3.75. The van der Waals surface area contributed by atoms with Crippen LogP contribution < -0.4 is 5.32 Å². The molecule has 2 N–H and O–H groups in total. The highest BCUT2D eigenvalue weighted by atomic mass is 16.5. The van der Waals surface area contributed by atoms with Crippen molar-refractivity contribution in [3.8, 4) is 0 Å². The fourth-order valence-corrected chi connectivity index (χ4v) is 2.72. The Bertz CT molecular complexity index is 706. The van der Waals surface area contributed by atoms with Crippen molar-refractivity contribution in [1.82, 2.24) is 20.5 Å². The number of carbonyl (C=O) groups is 1. The summed E-state index contributed by atoms with van der Waals surface area (Å²) in [6.45, 7) is 6.79. The molecule has 0 aliphatic carbocycles. The van der Waals surface area contributed by atoms with E-state index in [0.29, 0.717) is 18.8 Å². The molecule has 2 aromatic rings. The van der Waals surface area contributed by atoms with E-state index in [9.17, 15) is 4.79 Å². The number of fused-ring (bicyclic) bond motifs is 1. The molecule has 0 fully saturated rings. The number of nitrogens with one attached hydrogen (secondary N) is 2. The van der Waals surface area contributed by atoms with E-state index in [-0.39, 0.29) is 5.91 Å². The van der Waals surface area contributed by atoms with Crippen LogP contribution >= 0.6 is 0 Å². The van der Waals surface area contributed by atoms with Gasteiger partial charge in [-0.3, -0.25) is 14.9 Å². The first-order valence-corrected chi connectivity index (χ1v) is 7.45. The summed E-state index contributed by atoms with van der Waals surface area (Å²) < 4.78 is 5.68. The number of aryl methyl sites for hydroxylation is 1. The average Bonchev–Trinajstić information content (AvgIpc) is 3.07. The number of rotatable bonds is 4. The van der Waals surface area contributed by atoms with Crippen LogP contribution in [0.5, 0.6) is 0 Å². The number of ether oxygens (including phenoxy) is 1. The molecule has 3 rings (SSSR count). The van der Waals surface area contributed by atoms with Gasteiger partial charge in [0, 0.05) is 11.8 Å². The zero-order valence-electron chi connectivity index (χ0n) is 13.1. The molecule has 1 aliphatic heterocycles. The lowest BCUT2D eigenvalue weighted by atomic mass is 10.0. The largest absolute Gasteiger partial charge is 0.364 e. The van der Waals surface area contributed by atoms with E-state index in [1.807, 2.05) is 26.0 Å². The third-order valence-electron chi connectivity index (χ3n) is 4.04. The van der Waals surface area contributed by atoms with Crippen molar-refractivity contribution in [2.75, 3.05) is 0 Å². The molecule has 6 nitrogen and oxygen atoms in total. The summed E-state index contributed by atoms with van der Waals surface area (Å²) in [4.78, 5) is 16.7. The number of amides is 1. The van der Waals surface area contributed by atoms with Gasteiger partial charge in [0.1, 0.15) is 5.60 Å². The molecule has 0 saturated heterocycles. The van der Waals surface area contributed by atoms with E-state index < -0.39 is 5.60 Å². The SMILES string of the molecule is CCc1cccnc1CNC(=O)c1n[nH]c2c1COC2(C)C. The fraction of sp³-hybridized carbons (Fsp3) is 0.438. The highest BCUT2D eigenvalue weighted by Crippen LogP contribution is 2.35. The average molecular weight is 300 g/mol. The van der Waals surface area contributed by atoms with Crippen molar-refractivity contribution in [2.24, 2.45) is 0 Å². The summed E-state index contributed by atoms with van der Waals surface area (Å²) in [6.07, 6.45) is 2.63. The van der Waals surface area contributed by atoms with Crippen molar-refractivity contribution < 1.29 is 9.53 Å². The third kappa shape index (κ3) is 2.50. The van der Waals surface area contributed by atoms with E-state index in [4.69, 9.17) is 4.74 Å². The highest BCUT2D eigenvalue weighted by molar-refractivity contribution is 5.94. The van der Waals surface area contributed by atoms with Gasteiger partial charge in [0.2, 0.25) is 0 Å². The van der Waals surface area contributed by atoms with E-state index in [0.717, 1.165) is 28.9 Å². The number of pyridine rings is 1. The van der Waals surface area contributed by atoms with Gasteiger partial charge in [-0.25, -0.2) is 0 Å². The molecule has 6 heteroatoms. The van der Waals surface area contributed by atoms with Crippen LogP contribution in [-0.2, 0) is 29.9 Å². The van der Waals surface area contributed by atoms with Gasteiger partial charge in [-0.1, -0.05) is 13.0 Å². The second-order valence-electron chi connectivity index (χ2n) is 5.87. The Kier molecular flexibility index (Phi) is 3.70. The molecule has 0 atom stereocenters. The molecule has 1 amide bonds. The Balaban J connectivity index is 1.74. The number of H-pyrrole nitrogens is 1. The van der Waals surface area contributed by atoms with E-state index >= 15 is 0 Å². The van der Waals surface area contributed by atoms with Gasteiger partial charge in [0.05, 0.1) is 24.5 Å². The second-order valence-corrected chi connectivity index (χ2v) is 5.87. The number of hydrogen-bond donors (Lipinski definition) is 2. The van der Waals surface area contributed by atoms with Gasteiger partial charge in [0.15, 0.2) is 5.69 Å². The number of aromatic nitrogens is 3. The lowest BCUT2D eigenvalue weighted by Gasteiger charge is -2.15. The monoisotopic (exact) mass is 300 g/mol. The normalized spacial score (nSPS) is 15.6. The van der Waals surface area contributed by atoms with Crippen molar-refractivity contribution in [1.29, 1.82) is 0 Å². The summed E-state index contributed by atoms with van der Waals surface area (Å²) >= 11 is 0. The molecule has 22 heavy (non-hydrogen) atoms. The predicted molar refractivity (Wildman–Crippen MR) is 81.2 cm³/mol. The Labute approximate surface area is 129 Å². The second kappa shape index (κ2) is 5.53.